The fourth-order valence-corrected chi connectivity index (χ4v) is 2.57. The Morgan fingerprint density at radius 3 is 2.57 bits per heavy atom. The van der Waals surface area contributed by atoms with Gasteiger partial charge in [-0.3, -0.25) is 0 Å². The number of hydrogen-bond donors (Lipinski definition) is 3. The Balaban J connectivity index is 1.75. The molecule has 0 spiro atoms. The van der Waals surface area contributed by atoms with Crippen LogP contribution in [0.5, 0.6) is 0 Å². The monoisotopic (exact) mass is 280 g/mol. The normalized spacial score (nSPS) is 28.0. The third-order valence-electron chi connectivity index (χ3n) is 4.20. The number of benzene rings is 1. The minimum absolute atomic E-state index is 0.272. The first-order valence-corrected chi connectivity index (χ1v) is 7.30. The van der Waals surface area contributed by atoms with Gasteiger partial charge in [0.05, 0.1) is 17.2 Å². The third-order valence-corrected chi connectivity index (χ3v) is 4.20. The summed E-state index contributed by atoms with van der Waals surface area (Å²) in [5.41, 5.74) is 14.8. The van der Waals surface area contributed by atoms with E-state index in [1.54, 1.807) is 12.1 Å². The van der Waals surface area contributed by atoms with E-state index < -0.39 is 5.54 Å². The summed E-state index contributed by atoms with van der Waals surface area (Å²) in [4.78, 5) is 0. The maximum absolute atomic E-state index is 8.86. The van der Waals surface area contributed by atoms with Crippen molar-refractivity contribution in [1.82, 2.24) is 5.32 Å². The SMILES string of the molecule is N#Cc1ccc(C2(N)C=CC(CNC3CC3)=CC2N)cc1. The zero-order chi connectivity index (χ0) is 14.9. The average Bonchev–Trinajstić information content (AvgIpc) is 3.33. The molecular weight excluding hydrogens is 260 g/mol. The Hall–Kier alpha value is -1.93. The van der Waals surface area contributed by atoms with Gasteiger partial charge in [-0.1, -0.05) is 30.4 Å². The van der Waals surface area contributed by atoms with E-state index in [4.69, 9.17) is 16.7 Å². The van der Waals surface area contributed by atoms with Gasteiger partial charge in [0.2, 0.25) is 0 Å². The highest BCUT2D eigenvalue weighted by atomic mass is 14.9. The maximum Gasteiger partial charge on any atom is 0.0991 e. The Kier molecular flexibility index (Phi) is 3.64. The zero-order valence-electron chi connectivity index (χ0n) is 11.9. The van der Waals surface area contributed by atoms with Gasteiger partial charge in [-0.25, -0.2) is 0 Å². The molecule has 2 atom stereocenters. The second-order valence-electron chi connectivity index (χ2n) is 5.88. The van der Waals surface area contributed by atoms with Crippen LogP contribution in [-0.2, 0) is 5.54 Å². The van der Waals surface area contributed by atoms with Crippen molar-refractivity contribution in [3.05, 3.63) is 59.2 Å². The van der Waals surface area contributed by atoms with Crippen LogP contribution in [0.3, 0.4) is 0 Å². The molecule has 0 saturated heterocycles. The fourth-order valence-electron chi connectivity index (χ4n) is 2.57. The predicted molar refractivity (Wildman–Crippen MR) is 83.2 cm³/mol. The van der Waals surface area contributed by atoms with Crippen LogP contribution in [0.15, 0.2) is 48.1 Å². The van der Waals surface area contributed by atoms with Crippen LogP contribution in [0.2, 0.25) is 0 Å². The average molecular weight is 280 g/mol. The van der Waals surface area contributed by atoms with Gasteiger partial charge < -0.3 is 16.8 Å². The van der Waals surface area contributed by atoms with Gasteiger partial charge in [-0.05, 0) is 36.1 Å². The molecule has 1 fully saturated rings. The van der Waals surface area contributed by atoms with Crippen molar-refractivity contribution in [2.75, 3.05) is 6.54 Å². The second kappa shape index (κ2) is 5.45. The first kappa shape index (κ1) is 14.0. The van der Waals surface area contributed by atoms with Gasteiger partial charge in [0, 0.05) is 18.6 Å². The summed E-state index contributed by atoms with van der Waals surface area (Å²) in [6, 6.07) is 9.83. The predicted octanol–water partition coefficient (Wildman–Crippen LogP) is 1.29. The Labute approximate surface area is 125 Å². The van der Waals surface area contributed by atoms with E-state index >= 15 is 0 Å². The van der Waals surface area contributed by atoms with Crippen LogP contribution >= 0.6 is 0 Å². The van der Waals surface area contributed by atoms with E-state index in [9.17, 15) is 0 Å². The Bertz CT molecular complexity index is 619. The lowest BCUT2D eigenvalue weighted by Gasteiger charge is -2.34. The summed E-state index contributed by atoms with van der Waals surface area (Å²) in [7, 11) is 0. The highest BCUT2D eigenvalue weighted by Gasteiger charge is 2.33. The molecular formula is C17H20N4. The number of nitrogens with one attached hydrogen (secondary N) is 1. The van der Waals surface area contributed by atoms with Crippen LogP contribution in [0.25, 0.3) is 0 Å². The summed E-state index contributed by atoms with van der Waals surface area (Å²) in [5.74, 6) is 0. The van der Waals surface area contributed by atoms with E-state index in [1.165, 1.54) is 18.4 Å². The summed E-state index contributed by atoms with van der Waals surface area (Å²) in [5, 5.41) is 12.3. The van der Waals surface area contributed by atoms with E-state index in [0.717, 1.165) is 12.1 Å². The fraction of sp³-hybridized carbons (Fsp3) is 0.353. The largest absolute Gasteiger partial charge is 0.322 e. The van der Waals surface area contributed by atoms with Crippen LogP contribution < -0.4 is 16.8 Å². The molecule has 21 heavy (non-hydrogen) atoms. The zero-order valence-corrected chi connectivity index (χ0v) is 11.9. The lowest BCUT2D eigenvalue weighted by atomic mass is 9.79. The smallest absolute Gasteiger partial charge is 0.0991 e. The second-order valence-corrected chi connectivity index (χ2v) is 5.88. The molecule has 108 valence electrons. The summed E-state index contributed by atoms with van der Waals surface area (Å²) < 4.78 is 0. The van der Waals surface area contributed by atoms with Gasteiger partial charge in [0.1, 0.15) is 0 Å². The molecule has 0 heterocycles. The number of nitriles is 1. The standard InChI is InChI=1S/C17H20N4/c18-10-12-1-3-14(4-2-12)17(20)8-7-13(9-16(17)19)11-21-15-5-6-15/h1-4,7-9,15-16,21H,5-6,11,19-20H2. The van der Waals surface area contributed by atoms with Crippen LogP contribution in [-0.4, -0.2) is 18.6 Å². The lowest BCUT2D eigenvalue weighted by molar-refractivity contribution is 0.488. The van der Waals surface area contributed by atoms with Crippen molar-refractivity contribution in [1.29, 1.82) is 5.26 Å². The summed E-state index contributed by atoms with van der Waals surface area (Å²) in [6.07, 6.45) is 8.61. The first-order chi connectivity index (χ1) is 10.1. The molecule has 1 aromatic carbocycles. The molecule has 2 aliphatic carbocycles. The molecule has 0 radical (unpaired) electrons. The molecule has 0 amide bonds. The quantitative estimate of drug-likeness (QED) is 0.775. The van der Waals surface area contributed by atoms with Gasteiger partial charge in [-0.15, -0.1) is 0 Å². The minimum Gasteiger partial charge on any atom is -0.322 e. The lowest BCUT2D eigenvalue weighted by Crippen LogP contribution is -2.51. The molecule has 3 rings (SSSR count). The maximum atomic E-state index is 8.86. The highest BCUT2D eigenvalue weighted by Crippen LogP contribution is 2.29. The number of hydrogen-bond acceptors (Lipinski definition) is 4. The number of nitrogens with zero attached hydrogens (tertiary/aromatic N) is 1. The summed E-state index contributed by atoms with van der Waals surface area (Å²) >= 11 is 0. The van der Waals surface area contributed by atoms with E-state index in [2.05, 4.69) is 17.5 Å². The molecule has 0 aliphatic heterocycles. The molecule has 0 bridgehead atoms. The topological polar surface area (TPSA) is 87.9 Å². The molecule has 4 nitrogen and oxygen atoms in total. The Morgan fingerprint density at radius 1 is 1.29 bits per heavy atom. The van der Waals surface area contributed by atoms with Crippen molar-refractivity contribution in [2.45, 2.75) is 30.5 Å². The van der Waals surface area contributed by atoms with Gasteiger partial charge in [0.25, 0.3) is 0 Å². The first-order valence-electron chi connectivity index (χ1n) is 7.30. The van der Waals surface area contributed by atoms with E-state index in [-0.39, 0.29) is 6.04 Å². The molecule has 1 aromatic rings. The van der Waals surface area contributed by atoms with Crippen molar-refractivity contribution in [2.24, 2.45) is 11.5 Å². The minimum atomic E-state index is -0.711. The van der Waals surface area contributed by atoms with Gasteiger partial charge >= 0.3 is 0 Å². The Morgan fingerprint density at radius 2 is 2.00 bits per heavy atom. The van der Waals surface area contributed by atoms with Crippen molar-refractivity contribution < 1.29 is 0 Å². The van der Waals surface area contributed by atoms with Crippen molar-refractivity contribution in [3.63, 3.8) is 0 Å². The number of rotatable bonds is 4. The summed E-state index contributed by atoms with van der Waals surface area (Å²) in [6.45, 7) is 0.846. The van der Waals surface area contributed by atoms with Crippen molar-refractivity contribution >= 4 is 0 Å². The van der Waals surface area contributed by atoms with Crippen LogP contribution in [0.4, 0.5) is 0 Å². The third kappa shape index (κ3) is 2.91. The van der Waals surface area contributed by atoms with Crippen LogP contribution in [0, 0.1) is 11.3 Å². The van der Waals surface area contributed by atoms with Crippen LogP contribution in [0.1, 0.15) is 24.0 Å². The van der Waals surface area contributed by atoms with E-state index in [1.807, 2.05) is 24.3 Å². The number of nitrogens with two attached hydrogens (primary N) is 2. The van der Waals surface area contributed by atoms with Gasteiger partial charge in [0.15, 0.2) is 0 Å². The highest BCUT2D eigenvalue weighted by molar-refractivity contribution is 5.43. The van der Waals surface area contributed by atoms with Gasteiger partial charge in [-0.2, -0.15) is 5.26 Å². The molecule has 2 aliphatic rings. The van der Waals surface area contributed by atoms with Crippen molar-refractivity contribution in [3.8, 4) is 6.07 Å². The molecule has 5 N–H and O–H groups in total. The molecule has 1 saturated carbocycles. The molecule has 4 heteroatoms. The van der Waals surface area contributed by atoms with E-state index in [0.29, 0.717) is 11.6 Å². The molecule has 2 unspecified atom stereocenters. The molecule has 0 aromatic heterocycles.